The van der Waals surface area contributed by atoms with Crippen LogP contribution in [0.1, 0.15) is 5.56 Å². The summed E-state index contributed by atoms with van der Waals surface area (Å²) in [4.78, 5) is 14.2. The number of hydrogen-bond donors (Lipinski definition) is 0. The van der Waals surface area contributed by atoms with Gasteiger partial charge in [-0.25, -0.2) is 0 Å². The molecule has 0 saturated carbocycles. The van der Waals surface area contributed by atoms with Crippen LogP contribution in [0.2, 0.25) is 0 Å². The van der Waals surface area contributed by atoms with Gasteiger partial charge in [0.2, 0.25) is 5.91 Å². The van der Waals surface area contributed by atoms with Gasteiger partial charge < -0.3 is 19.1 Å². The third-order valence-electron chi connectivity index (χ3n) is 3.53. The number of carbonyl (C=O) groups excluding carboxylic acids is 1. The Labute approximate surface area is 129 Å². The van der Waals surface area contributed by atoms with Crippen LogP contribution in [0.5, 0.6) is 11.5 Å². The highest BCUT2D eigenvalue weighted by atomic mass is 35.5. The minimum atomic E-state index is -0.0481. The molecule has 1 heterocycles. The number of hydrogen-bond acceptors (Lipinski definition) is 4. The summed E-state index contributed by atoms with van der Waals surface area (Å²) in [7, 11) is 3.16. The van der Waals surface area contributed by atoms with Gasteiger partial charge in [-0.05, 0) is 17.7 Å². The largest absolute Gasteiger partial charge is 0.493 e. The van der Waals surface area contributed by atoms with Gasteiger partial charge in [0.1, 0.15) is 0 Å². The van der Waals surface area contributed by atoms with Crippen LogP contribution in [-0.2, 0) is 16.0 Å². The molecular weight excluding hydrogens is 294 g/mol. The monoisotopic (exact) mass is 313 g/mol. The fourth-order valence-corrected chi connectivity index (χ4v) is 2.63. The molecule has 0 aromatic heterocycles. The minimum Gasteiger partial charge on any atom is -0.493 e. The van der Waals surface area contributed by atoms with Crippen molar-refractivity contribution in [2.75, 3.05) is 39.9 Å². The van der Waals surface area contributed by atoms with Crippen LogP contribution in [0.15, 0.2) is 18.2 Å². The Morgan fingerprint density at radius 1 is 1.38 bits per heavy atom. The molecular formula is C15H20ClNO4. The zero-order valence-electron chi connectivity index (χ0n) is 12.3. The summed E-state index contributed by atoms with van der Waals surface area (Å²) in [5.74, 6) is 1.71. The van der Waals surface area contributed by atoms with Crippen molar-refractivity contribution in [1.29, 1.82) is 0 Å². The predicted octanol–water partition coefficient (Wildman–Crippen LogP) is 1.71. The summed E-state index contributed by atoms with van der Waals surface area (Å²) in [5, 5.41) is 0. The van der Waals surface area contributed by atoms with E-state index in [4.69, 9.17) is 25.8 Å². The molecule has 1 aliphatic rings. The second kappa shape index (κ2) is 7.52. The maximum atomic E-state index is 12.4. The molecule has 0 aliphatic carbocycles. The average molecular weight is 314 g/mol. The lowest BCUT2D eigenvalue weighted by Crippen LogP contribution is -2.50. The van der Waals surface area contributed by atoms with Crippen LogP contribution in [0.3, 0.4) is 0 Å². The van der Waals surface area contributed by atoms with Crippen molar-refractivity contribution in [3.8, 4) is 11.5 Å². The van der Waals surface area contributed by atoms with Crippen molar-refractivity contribution in [2.45, 2.75) is 12.5 Å². The summed E-state index contributed by atoms with van der Waals surface area (Å²) in [5.41, 5.74) is 0.887. The van der Waals surface area contributed by atoms with Gasteiger partial charge >= 0.3 is 0 Å². The summed E-state index contributed by atoms with van der Waals surface area (Å²) in [6.45, 7) is 1.65. The van der Waals surface area contributed by atoms with Crippen molar-refractivity contribution in [1.82, 2.24) is 4.90 Å². The van der Waals surface area contributed by atoms with E-state index in [-0.39, 0.29) is 11.9 Å². The summed E-state index contributed by atoms with van der Waals surface area (Å²) < 4.78 is 15.8. The first-order valence-electron chi connectivity index (χ1n) is 6.83. The maximum Gasteiger partial charge on any atom is 0.227 e. The second-order valence-electron chi connectivity index (χ2n) is 4.84. The number of rotatable bonds is 5. The Hall–Kier alpha value is -1.46. The number of methoxy groups -OCH3 is 2. The van der Waals surface area contributed by atoms with Gasteiger partial charge in [-0.3, -0.25) is 4.79 Å². The molecule has 1 aromatic carbocycles. The SMILES string of the molecule is COc1ccc(CC(=O)N2CCOCC2CCl)cc1OC. The van der Waals surface area contributed by atoms with E-state index in [0.717, 1.165) is 5.56 Å². The zero-order chi connectivity index (χ0) is 15.2. The number of halogens is 1. The smallest absolute Gasteiger partial charge is 0.227 e. The van der Waals surface area contributed by atoms with E-state index in [9.17, 15) is 4.79 Å². The third-order valence-corrected chi connectivity index (χ3v) is 3.89. The molecule has 116 valence electrons. The standard InChI is InChI=1S/C15H20ClNO4/c1-19-13-4-3-11(7-14(13)20-2)8-15(18)17-5-6-21-10-12(17)9-16/h3-4,7,12H,5-6,8-10H2,1-2H3. The highest BCUT2D eigenvalue weighted by molar-refractivity contribution is 6.18. The minimum absolute atomic E-state index is 0.0481. The van der Waals surface area contributed by atoms with E-state index < -0.39 is 0 Å². The van der Waals surface area contributed by atoms with Crippen LogP contribution in [0.4, 0.5) is 0 Å². The van der Waals surface area contributed by atoms with Crippen molar-refractivity contribution in [3.63, 3.8) is 0 Å². The van der Waals surface area contributed by atoms with Gasteiger partial charge in [0.25, 0.3) is 0 Å². The molecule has 1 aromatic rings. The molecule has 21 heavy (non-hydrogen) atoms. The summed E-state index contributed by atoms with van der Waals surface area (Å²) in [6.07, 6.45) is 0.313. The fraction of sp³-hybridized carbons (Fsp3) is 0.533. The van der Waals surface area contributed by atoms with E-state index in [1.165, 1.54) is 0 Å². The Morgan fingerprint density at radius 3 is 2.81 bits per heavy atom. The average Bonchev–Trinajstić information content (AvgIpc) is 2.54. The Kier molecular flexibility index (Phi) is 5.70. The number of amides is 1. The molecule has 2 rings (SSSR count). The normalized spacial score (nSPS) is 18.4. The van der Waals surface area contributed by atoms with Gasteiger partial charge in [0.05, 0.1) is 39.9 Å². The highest BCUT2D eigenvalue weighted by Gasteiger charge is 2.26. The quantitative estimate of drug-likeness (QED) is 0.777. The van der Waals surface area contributed by atoms with Crippen molar-refractivity contribution >= 4 is 17.5 Å². The first-order valence-corrected chi connectivity index (χ1v) is 7.37. The van der Waals surface area contributed by atoms with Crippen molar-refractivity contribution in [2.24, 2.45) is 0 Å². The molecule has 6 heteroatoms. The van der Waals surface area contributed by atoms with Crippen LogP contribution in [0.25, 0.3) is 0 Å². The van der Waals surface area contributed by atoms with Crippen molar-refractivity contribution < 1.29 is 19.0 Å². The molecule has 0 spiro atoms. The molecule has 1 atom stereocenters. The van der Waals surface area contributed by atoms with Crippen LogP contribution in [-0.4, -0.2) is 56.7 Å². The Balaban J connectivity index is 2.08. The number of nitrogens with zero attached hydrogens (tertiary/aromatic N) is 1. The number of morpholine rings is 1. The van der Waals surface area contributed by atoms with E-state index >= 15 is 0 Å². The van der Waals surface area contributed by atoms with Gasteiger partial charge in [0, 0.05) is 12.4 Å². The third kappa shape index (κ3) is 3.80. The molecule has 0 bridgehead atoms. The Bertz CT molecular complexity index is 495. The zero-order valence-corrected chi connectivity index (χ0v) is 13.1. The molecule has 1 amide bonds. The number of ether oxygens (including phenoxy) is 3. The van der Waals surface area contributed by atoms with Gasteiger partial charge in [0.15, 0.2) is 11.5 Å². The lowest BCUT2D eigenvalue weighted by atomic mass is 10.1. The number of benzene rings is 1. The highest BCUT2D eigenvalue weighted by Crippen LogP contribution is 2.28. The number of carbonyl (C=O) groups is 1. The van der Waals surface area contributed by atoms with Gasteiger partial charge in [-0.1, -0.05) is 6.07 Å². The summed E-state index contributed by atoms with van der Waals surface area (Å²) >= 11 is 5.90. The van der Waals surface area contributed by atoms with E-state index in [1.54, 1.807) is 25.2 Å². The molecule has 0 radical (unpaired) electrons. The molecule has 1 saturated heterocycles. The topological polar surface area (TPSA) is 48.0 Å². The first-order chi connectivity index (χ1) is 10.2. The van der Waals surface area contributed by atoms with E-state index in [0.29, 0.717) is 43.6 Å². The van der Waals surface area contributed by atoms with E-state index in [2.05, 4.69) is 0 Å². The van der Waals surface area contributed by atoms with E-state index in [1.807, 2.05) is 12.1 Å². The van der Waals surface area contributed by atoms with Gasteiger partial charge in [-0.2, -0.15) is 0 Å². The van der Waals surface area contributed by atoms with Crippen LogP contribution >= 0.6 is 11.6 Å². The lowest BCUT2D eigenvalue weighted by Gasteiger charge is -2.34. The molecule has 1 unspecified atom stereocenters. The lowest BCUT2D eigenvalue weighted by molar-refractivity contribution is -0.138. The Morgan fingerprint density at radius 2 is 2.14 bits per heavy atom. The molecule has 1 aliphatic heterocycles. The predicted molar refractivity (Wildman–Crippen MR) is 80.3 cm³/mol. The van der Waals surface area contributed by atoms with Gasteiger partial charge in [-0.15, -0.1) is 11.6 Å². The molecule has 0 N–H and O–H groups in total. The second-order valence-corrected chi connectivity index (χ2v) is 5.14. The van der Waals surface area contributed by atoms with Crippen LogP contribution in [0, 0.1) is 0 Å². The number of alkyl halides is 1. The fourth-order valence-electron chi connectivity index (χ4n) is 2.38. The maximum absolute atomic E-state index is 12.4. The molecule has 1 fully saturated rings. The van der Waals surface area contributed by atoms with Crippen molar-refractivity contribution in [3.05, 3.63) is 23.8 Å². The first kappa shape index (κ1) is 15.9. The summed E-state index contributed by atoms with van der Waals surface area (Å²) in [6, 6.07) is 5.45. The molecule has 5 nitrogen and oxygen atoms in total. The van der Waals surface area contributed by atoms with Crippen LogP contribution < -0.4 is 9.47 Å².